The van der Waals surface area contributed by atoms with Crippen LogP contribution in [0.4, 0.5) is 5.82 Å². The molecule has 30 heavy (non-hydrogen) atoms. The lowest BCUT2D eigenvalue weighted by atomic mass is 10.1. The van der Waals surface area contributed by atoms with E-state index in [0.717, 1.165) is 12.1 Å². The van der Waals surface area contributed by atoms with Gasteiger partial charge in [0, 0.05) is 19.6 Å². The molecule has 0 saturated carbocycles. The Kier molecular flexibility index (Phi) is 6.12. The van der Waals surface area contributed by atoms with Gasteiger partial charge in [-0.05, 0) is 43.1 Å². The van der Waals surface area contributed by atoms with Crippen LogP contribution in [0.2, 0.25) is 0 Å². The van der Waals surface area contributed by atoms with E-state index in [0.29, 0.717) is 36.3 Å². The summed E-state index contributed by atoms with van der Waals surface area (Å²) in [5.41, 5.74) is 9.50. The summed E-state index contributed by atoms with van der Waals surface area (Å²) in [5, 5.41) is 19.2. The fourth-order valence-corrected chi connectivity index (χ4v) is 3.80. The second-order valence-corrected chi connectivity index (χ2v) is 7.58. The topological polar surface area (TPSA) is 113 Å². The number of benzene rings is 1. The van der Waals surface area contributed by atoms with Crippen molar-refractivity contribution in [2.75, 3.05) is 32.0 Å². The zero-order chi connectivity index (χ0) is 20.9. The number of nitrogens with zero attached hydrogens (tertiary/aromatic N) is 5. The molecule has 1 aliphatic heterocycles. The zero-order valence-corrected chi connectivity index (χ0v) is 16.9. The summed E-state index contributed by atoms with van der Waals surface area (Å²) in [6.07, 6.45) is 3.05. The fraction of sp³-hybridized carbons (Fsp3) is 0.409. The molecule has 3 N–H and O–H groups in total. The Labute approximate surface area is 175 Å². The molecule has 1 aliphatic rings. The van der Waals surface area contributed by atoms with Crippen LogP contribution in [0.1, 0.15) is 36.1 Å². The van der Waals surface area contributed by atoms with E-state index in [2.05, 4.69) is 45.2 Å². The van der Waals surface area contributed by atoms with Crippen molar-refractivity contribution in [1.29, 1.82) is 5.26 Å². The van der Waals surface area contributed by atoms with Crippen LogP contribution in [0.25, 0.3) is 11.0 Å². The number of aromatic nitrogens is 3. The standard InChI is InChI=1S/C22H26N6O2/c23-13-18-12-19-20(24)25-22(30-11-3-10-29)26-21(19)28(18)15-17-6-4-16(5-7-17)14-27-8-1-2-9-27/h4-7,12,29H,1-3,8-11,14-15H2,(H2,24,25,26). The van der Waals surface area contributed by atoms with Gasteiger partial charge in [-0.1, -0.05) is 24.3 Å². The summed E-state index contributed by atoms with van der Waals surface area (Å²) >= 11 is 0. The van der Waals surface area contributed by atoms with E-state index in [1.165, 1.54) is 31.5 Å². The number of aliphatic hydroxyl groups excluding tert-OH is 1. The fourth-order valence-electron chi connectivity index (χ4n) is 3.80. The van der Waals surface area contributed by atoms with Crippen molar-refractivity contribution in [2.45, 2.75) is 32.4 Å². The van der Waals surface area contributed by atoms with Gasteiger partial charge in [0.2, 0.25) is 0 Å². The normalized spacial score (nSPS) is 14.3. The smallest absolute Gasteiger partial charge is 0.320 e. The molecule has 1 aromatic carbocycles. The van der Waals surface area contributed by atoms with Crippen LogP contribution < -0.4 is 10.5 Å². The van der Waals surface area contributed by atoms with Gasteiger partial charge >= 0.3 is 6.01 Å². The number of anilines is 1. The Morgan fingerprint density at radius 3 is 2.47 bits per heavy atom. The largest absolute Gasteiger partial charge is 0.463 e. The first-order chi connectivity index (χ1) is 14.7. The third-order valence-corrected chi connectivity index (χ3v) is 5.38. The summed E-state index contributed by atoms with van der Waals surface area (Å²) in [6.45, 7) is 4.16. The van der Waals surface area contributed by atoms with E-state index < -0.39 is 0 Å². The van der Waals surface area contributed by atoms with Gasteiger partial charge in [-0.3, -0.25) is 4.90 Å². The minimum Gasteiger partial charge on any atom is -0.463 e. The number of aliphatic hydroxyl groups is 1. The molecule has 0 unspecified atom stereocenters. The van der Waals surface area contributed by atoms with Crippen molar-refractivity contribution in [3.63, 3.8) is 0 Å². The maximum Gasteiger partial charge on any atom is 0.320 e. The summed E-state index contributed by atoms with van der Waals surface area (Å²) in [6, 6.07) is 12.6. The van der Waals surface area contributed by atoms with Crippen LogP contribution in [0.15, 0.2) is 30.3 Å². The second-order valence-electron chi connectivity index (χ2n) is 7.58. The molecule has 2 aromatic heterocycles. The van der Waals surface area contributed by atoms with E-state index in [1.54, 1.807) is 6.07 Å². The van der Waals surface area contributed by atoms with Crippen molar-refractivity contribution >= 4 is 16.9 Å². The number of ether oxygens (including phenoxy) is 1. The molecular weight excluding hydrogens is 380 g/mol. The van der Waals surface area contributed by atoms with Gasteiger partial charge in [-0.15, -0.1) is 0 Å². The van der Waals surface area contributed by atoms with Gasteiger partial charge in [-0.25, -0.2) is 0 Å². The summed E-state index contributed by atoms with van der Waals surface area (Å²) < 4.78 is 7.33. The quantitative estimate of drug-likeness (QED) is 0.552. The Hall–Kier alpha value is -3.15. The van der Waals surface area contributed by atoms with Crippen LogP contribution in [-0.2, 0) is 13.1 Å². The number of hydrogen-bond donors (Lipinski definition) is 2. The lowest BCUT2D eigenvalue weighted by molar-refractivity contribution is 0.225. The Balaban J connectivity index is 1.58. The molecule has 1 saturated heterocycles. The molecule has 0 aliphatic carbocycles. The monoisotopic (exact) mass is 406 g/mol. The summed E-state index contributed by atoms with van der Waals surface area (Å²) in [5.74, 6) is 0.273. The average Bonchev–Trinajstić information content (AvgIpc) is 3.38. The number of nitrogens with two attached hydrogens (primary N) is 1. The SMILES string of the molecule is N#Cc1cc2c(N)nc(OCCCO)nc2n1Cc1ccc(CN2CCCC2)cc1. The second kappa shape index (κ2) is 9.11. The lowest BCUT2D eigenvalue weighted by Crippen LogP contribution is -2.18. The van der Waals surface area contributed by atoms with Crippen molar-refractivity contribution in [1.82, 2.24) is 19.4 Å². The number of hydrogen-bond acceptors (Lipinski definition) is 7. The van der Waals surface area contributed by atoms with Crippen LogP contribution >= 0.6 is 0 Å². The van der Waals surface area contributed by atoms with Crippen molar-refractivity contribution in [2.24, 2.45) is 0 Å². The van der Waals surface area contributed by atoms with E-state index in [9.17, 15) is 5.26 Å². The predicted molar refractivity (Wildman–Crippen MR) is 114 cm³/mol. The number of nitriles is 1. The maximum atomic E-state index is 9.61. The minimum atomic E-state index is 0.0282. The van der Waals surface area contributed by atoms with Crippen LogP contribution in [0.3, 0.4) is 0 Å². The molecule has 156 valence electrons. The van der Waals surface area contributed by atoms with E-state index in [4.69, 9.17) is 15.6 Å². The Bertz CT molecular complexity index is 1050. The minimum absolute atomic E-state index is 0.0282. The molecule has 8 nitrogen and oxygen atoms in total. The van der Waals surface area contributed by atoms with Gasteiger partial charge in [-0.2, -0.15) is 15.2 Å². The molecule has 3 aromatic rings. The van der Waals surface area contributed by atoms with E-state index in [-0.39, 0.29) is 18.4 Å². The van der Waals surface area contributed by atoms with E-state index >= 15 is 0 Å². The lowest BCUT2D eigenvalue weighted by Gasteiger charge is -2.15. The Morgan fingerprint density at radius 1 is 1.10 bits per heavy atom. The molecule has 4 rings (SSSR count). The molecule has 0 radical (unpaired) electrons. The Morgan fingerprint density at radius 2 is 1.80 bits per heavy atom. The maximum absolute atomic E-state index is 9.61. The van der Waals surface area contributed by atoms with Gasteiger partial charge in [0.15, 0.2) is 5.65 Å². The zero-order valence-electron chi connectivity index (χ0n) is 16.9. The third-order valence-electron chi connectivity index (χ3n) is 5.38. The molecule has 0 bridgehead atoms. The highest BCUT2D eigenvalue weighted by atomic mass is 16.5. The van der Waals surface area contributed by atoms with Gasteiger partial charge in [0.1, 0.15) is 17.6 Å². The molecule has 8 heteroatoms. The molecule has 3 heterocycles. The molecule has 1 fully saturated rings. The van der Waals surface area contributed by atoms with Gasteiger partial charge < -0.3 is 20.1 Å². The van der Waals surface area contributed by atoms with Crippen LogP contribution in [-0.4, -0.2) is 50.8 Å². The van der Waals surface area contributed by atoms with Gasteiger partial charge in [0.05, 0.1) is 18.5 Å². The summed E-state index contributed by atoms with van der Waals surface area (Å²) in [7, 11) is 0. The van der Waals surface area contributed by atoms with Gasteiger partial charge in [0.25, 0.3) is 0 Å². The molecule has 0 atom stereocenters. The number of likely N-dealkylation sites (tertiary alicyclic amines) is 1. The third kappa shape index (κ3) is 4.37. The molecular formula is C22H26N6O2. The number of fused-ring (bicyclic) bond motifs is 1. The number of rotatable bonds is 8. The summed E-state index contributed by atoms with van der Waals surface area (Å²) in [4.78, 5) is 11.1. The van der Waals surface area contributed by atoms with Crippen LogP contribution in [0.5, 0.6) is 6.01 Å². The van der Waals surface area contributed by atoms with Crippen molar-refractivity contribution in [3.8, 4) is 12.1 Å². The van der Waals surface area contributed by atoms with Crippen LogP contribution in [0, 0.1) is 11.3 Å². The van der Waals surface area contributed by atoms with Crippen molar-refractivity contribution < 1.29 is 9.84 Å². The molecule has 0 amide bonds. The highest BCUT2D eigenvalue weighted by Crippen LogP contribution is 2.26. The van der Waals surface area contributed by atoms with E-state index in [1.807, 2.05) is 4.57 Å². The first kappa shape index (κ1) is 20.1. The highest BCUT2D eigenvalue weighted by Gasteiger charge is 2.16. The first-order valence-electron chi connectivity index (χ1n) is 10.3. The average molecular weight is 406 g/mol. The van der Waals surface area contributed by atoms with Crippen molar-refractivity contribution in [3.05, 3.63) is 47.2 Å². The first-order valence-corrected chi connectivity index (χ1v) is 10.3. The highest BCUT2D eigenvalue weighted by molar-refractivity contribution is 5.88. The molecule has 0 spiro atoms. The predicted octanol–water partition coefficient (Wildman–Crippen LogP) is 2.29. The number of nitrogen functional groups attached to an aromatic ring is 1.